The molecule has 1 saturated heterocycles. The van der Waals surface area contributed by atoms with E-state index >= 15 is 0 Å². The molecule has 116 valence electrons. The van der Waals surface area contributed by atoms with E-state index in [1.54, 1.807) is 0 Å². The van der Waals surface area contributed by atoms with Gasteiger partial charge in [0.25, 0.3) is 0 Å². The van der Waals surface area contributed by atoms with Crippen molar-refractivity contribution in [2.24, 2.45) is 0 Å². The highest BCUT2D eigenvalue weighted by molar-refractivity contribution is 5.89. The lowest BCUT2D eigenvalue weighted by molar-refractivity contribution is 0.0452. The molecule has 0 aliphatic carbocycles. The lowest BCUT2D eigenvalue weighted by Gasteiger charge is -2.25. The van der Waals surface area contributed by atoms with Crippen LogP contribution in [-0.4, -0.2) is 37.1 Å². The molecule has 1 heterocycles. The van der Waals surface area contributed by atoms with E-state index in [4.69, 9.17) is 4.74 Å². The molecule has 1 aliphatic rings. The first-order chi connectivity index (χ1) is 9.97. The molecule has 2 rings (SSSR count). The number of carbonyl (C=O) groups excluding carboxylic acids is 1. The van der Waals surface area contributed by atoms with Gasteiger partial charge in [0.1, 0.15) is 6.61 Å². The summed E-state index contributed by atoms with van der Waals surface area (Å²) in [4.78, 5) is 14.4. The Hall–Kier alpha value is -1.35. The number of hydrogen-bond donors (Lipinski definition) is 0. The third kappa shape index (κ3) is 4.85. The summed E-state index contributed by atoms with van der Waals surface area (Å²) in [5.41, 5.74) is 1.98. The molecule has 1 fully saturated rings. The Kier molecular flexibility index (Phi) is 5.40. The summed E-state index contributed by atoms with van der Waals surface area (Å²) in [5.74, 6) is -0.215. The number of hydrogen-bond acceptors (Lipinski definition) is 3. The number of rotatable bonds is 4. The van der Waals surface area contributed by atoms with Gasteiger partial charge in [-0.3, -0.25) is 4.90 Å². The van der Waals surface area contributed by atoms with E-state index in [0.29, 0.717) is 12.2 Å². The molecule has 0 amide bonds. The van der Waals surface area contributed by atoms with Gasteiger partial charge in [0.05, 0.1) is 5.56 Å². The second-order valence-corrected chi connectivity index (χ2v) is 6.87. The molecule has 0 aromatic heterocycles. The number of ether oxygens (including phenoxy) is 1. The van der Waals surface area contributed by atoms with Gasteiger partial charge in [-0.05, 0) is 49.0 Å². The highest BCUT2D eigenvalue weighted by Crippen LogP contribution is 2.22. The van der Waals surface area contributed by atoms with Gasteiger partial charge in [-0.15, -0.1) is 0 Å². The summed E-state index contributed by atoms with van der Waals surface area (Å²) in [6.07, 6.45) is 3.86. The molecule has 1 aromatic rings. The normalized spacial score (nSPS) is 16.7. The van der Waals surface area contributed by atoms with Crippen LogP contribution in [0, 0.1) is 0 Å². The number of benzene rings is 1. The maximum absolute atomic E-state index is 12.0. The lowest BCUT2D eigenvalue weighted by Crippen LogP contribution is -2.33. The van der Waals surface area contributed by atoms with Crippen molar-refractivity contribution in [3.05, 3.63) is 35.4 Å². The Morgan fingerprint density at radius 3 is 2.29 bits per heavy atom. The number of nitrogens with zero attached hydrogens (tertiary/aromatic N) is 1. The third-order valence-electron chi connectivity index (χ3n) is 4.08. The summed E-state index contributed by atoms with van der Waals surface area (Å²) in [7, 11) is 0. The van der Waals surface area contributed by atoms with Crippen molar-refractivity contribution in [2.75, 3.05) is 26.2 Å². The second-order valence-electron chi connectivity index (χ2n) is 6.87. The molecular weight excluding hydrogens is 262 g/mol. The molecule has 0 spiro atoms. The molecule has 1 aliphatic heterocycles. The van der Waals surface area contributed by atoms with Gasteiger partial charge in [-0.25, -0.2) is 4.79 Å². The Morgan fingerprint density at radius 1 is 1.10 bits per heavy atom. The van der Waals surface area contributed by atoms with Gasteiger partial charge in [-0.2, -0.15) is 0 Å². The summed E-state index contributed by atoms with van der Waals surface area (Å²) in [5, 5.41) is 0. The minimum atomic E-state index is -0.215. The van der Waals surface area contributed by atoms with Crippen LogP contribution in [0.2, 0.25) is 0 Å². The van der Waals surface area contributed by atoms with Gasteiger partial charge in [0, 0.05) is 6.54 Å². The number of carbonyl (C=O) groups is 1. The van der Waals surface area contributed by atoms with Gasteiger partial charge in [-0.1, -0.05) is 39.3 Å². The average molecular weight is 289 g/mol. The van der Waals surface area contributed by atoms with Gasteiger partial charge >= 0.3 is 5.97 Å². The zero-order chi connectivity index (χ0) is 15.3. The molecular formula is C18H27NO2. The van der Waals surface area contributed by atoms with Crippen molar-refractivity contribution < 1.29 is 9.53 Å². The number of likely N-dealkylation sites (tertiary alicyclic amines) is 1. The van der Waals surface area contributed by atoms with E-state index in [1.165, 1.54) is 24.8 Å². The highest BCUT2D eigenvalue weighted by Gasteiger charge is 2.15. The van der Waals surface area contributed by atoms with E-state index in [0.717, 1.165) is 19.6 Å². The smallest absolute Gasteiger partial charge is 0.338 e. The minimum Gasteiger partial charge on any atom is -0.461 e. The van der Waals surface area contributed by atoms with Crippen LogP contribution in [0.25, 0.3) is 0 Å². The summed E-state index contributed by atoms with van der Waals surface area (Å²) in [6, 6.07) is 7.76. The quantitative estimate of drug-likeness (QED) is 0.793. The zero-order valence-electron chi connectivity index (χ0n) is 13.5. The lowest BCUT2D eigenvalue weighted by atomic mass is 9.87. The molecule has 3 nitrogen and oxygen atoms in total. The predicted octanol–water partition coefficient (Wildman–Crippen LogP) is 3.63. The SMILES string of the molecule is CC(C)(C)c1ccc(C(=O)OCCN2CCCCC2)cc1. The van der Waals surface area contributed by atoms with E-state index in [2.05, 4.69) is 25.7 Å². The Labute approximate surface area is 128 Å². The molecule has 3 heteroatoms. The molecule has 21 heavy (non-hydrogen) atoms. The third-order valence-corrected chi connectivity index (χ3v) is 4.08. The maximum Gasteiger partial charge on any atom is 0.338 e. The second kappa shape index (κ2) is 7.08. The van der Waals surface area contributed by atoms with Crippen molar-refractivity contribution in [1.29, 1.82) is 0 Å². The molecule has 0 unspecified atom stereocenters. The summed E-state index contributed by atoms with van der Waals surface area (Å²) >= 11 is 0. The summed E-state index contributed by atoms with van der Waals surface area (Å²) < 4.78 is 5.38. The van der Waals surface area contributed by atoms with Crippen molar-refractivity contribution in [2.45, 2.75) is 45.4 Å². The van der Waals surface area contributed by atoms with E-state index in [1.807, 2.05) is 24.3 Å². The van der Waals surface area contributed by atoms with Crippen molar-refractivity contribution >= 4 is 5.97 Å². The topological polar surface area (TPSA) is 29.5 Å². The largest absolute Gasteiger partial charge is 0.461 e. The summed E-state index contributed by atoms with van der Waals surface area (Å²) in [6.45, 7) is 10.1. The van der Waals surface area contributed by atoms with Crippen LogP contribution in [-0.2, 0) is 10.2 Å². The Bertz CT molecular complexity index is 453. The fraction of sp³-hybridized carbons (Fsp3) is 0.611. The number of esters is 1. The van der Waals surface area contributed by atoms with Gasteiger partial charge in [0.15, 0.2) is 0 Å². The fourth-order valence-corrected chi connectivity index (χ4v) is 2.64. The average Bonchev–Trinajstić information content (AvgIpc) is 2.47. The first kappa shape index (κ1) is 16.0. The first-order valence-corrected chi connectivity index (χ1v) is 7.97. The van der Waals surface area contributed by atoms with Crippen LogP contribution in [0.4, 0.5) is 0 Å². The van der Waals surface area contributed by atoms with Crippen LogP contribution in [0.3, 0.4) is 0 Å². The van der Waals surface area contributed by atoms with E-state index in [9.17, 15) is 4.79 Å². The van der Waals surface area contributed by atoms with Crippen molar-refractivity contribution in [3.8, 4) is 0 Å². The fourth-order valence-electron chi connectivity index (χ4n) is 2.64. The van der Waals surface area contributed by atoms with Crippen LogP contribution in [0.5, 0.6) is 0 Å². The predicted molar refractivity (Wildman–Crippen MR) is 85.7 cm³/mol. The molecule has 0 atom stereocenters. The van der Waals surface area contributed by atoms with Crippen molar-refractivity contribution in [3.63, 3.8) is 0 Å². The molecule has 0 saturated carbocycles. The number of piperidine rings is 1. The standard InChI is InChI=1S/C18H27NO2/c1-18(2,3)16-9-7-15(8-10-16)17(20)21-14-13-19-11-5-4-6-12-19/h7-10H,4-6,11-14H2,1-3H3. The van der Waals surface area contributed by atoms with Crippen molar-refractivity contribution in [1.82, 2.24) is 4.90 Å². The van der Waals surface area contributed by atoms with E-state index in [-0.39, 0.29) is 11.4 Å². The van der Waals surface area contributed by atoms with Crippen LogP contribution in [0.1, 0.15) is 56.0 Å². The first-order valence-electron chi connectivity index (χ1n) is 7.97. The van der Waals surface area contributed by atoms with Crippen LogP contribution < -0.4 is 0 Å². The van der Waals surface area contributed by atoms with Gasteiger partial charge < -0.3 is 4.74 Å². The minimum absolute atomic E-state index is 0.108. The highest BCUT2D eigenvalue weighted by atomic mass is 16.5. The maximum atomic E-state index is 12.0. The molecule has 0 bridgehead atoms. The molecule has 0 radical (unpaired) electrons. The monoisotopic (exact) mass is 289 g/mol. The zero-order valence-corrected chi connectivity index (χ0v) is 13.5. The van der Waals surface area contributed by atoms with Gasteiger partial charge in [0.2, 0.25) is 0 Å². The van der Waals surface area contributed by atoms with Crippen LogP contribution >= 0.6 is 0 Å². The van der Waals surface area contributed by atoms with Crippen LogP contribution in [0.15, 0.2) is 24.3 Å². The Balaban J connectivity index is 1.80. The Morgan fingerprint density at radius 2 is 1.71 bits per heavy atom. The van der Waals surface area contributed by atoms with E-state index < -0.39 is 0 Å². The molecule has 0 N–H and O–H groups in total. The molecule has 1 aromatic carbocycles.